The van der Waals surface area contributed by atoms with E-state index in [1.807, 2.05) is 0 Å². The minimum atomic E-state index is -1.14. The topological polar surface area (TPSA) is 60.4 Å². The summed E-state index contributed by atoms with van der Waals surface area (Å²) in [6.07, 6.45) is 0. The largest absolute Gasteiger partial charge is 0.457 e. The smallest absolute Gasteiger partial charge is 0.324 e. The highest BCUT2D eigenvalue weighted by Gasteiger charge is 2.38. The van der Waals surface area contributed by atoms with Crippen molar-refractivity contribution in [3.8, 4) is 0 Å². The van der Waals surface area contributed by atoms with Gasteiger partial charge in [-0.25, -0.2) is 0 Å². The average molecular weight is 142 g/mol. The Bertz CT molecular complexity index is 190. The van der Waals surface area contributed by atoms with Gasteiger partial charge in [0.2, 0.25) is 0 Å². The standard InChI is InChI=1S/C6H6O4/c1-3(7)5-4(8)2-10-6(5)9/h5H,2H2,1H3/t5-/m1/s1. The van der Waals surface area contributed by atoms with Crippen molar-refractivity contribution in [2.75, 3.05) is 6.61 Å². The van der Waals surface area contributed by atoms with E-state index in [-0.39, 0.29) is 6.61 Å². The molecule has 0 spiro atoms. The number of hydrogen-bond acceptors (Lipinski definition) is 4. The van der Waals surface area contributed by atoms with E-state index in [0.29, 0.717) is 0 Å². The summed E-state index contributed by atoms with van der Waals surface area (Å²) in [6, 6.07) is 0. The van der Waals surface area contributed by atoms with E-state index < -0.39 is 23.5 Å². The lowest BCUT2D eigenvalue weighted by atomic mass is 10.0. The first-order chi connectivity index (χ1) is 4.63. The van der Waals surface area contributed by atoms with Gasteiger partial charge >= 0.3 is 5.97 Å². The molecule has 0 aromatic rings. The molecule has 0 aromatic carbocycles. The maximum Gasteiger partial charge on any atom is 0.324 e. The summed E-state index contributed by atoms with van der Waals surface area (Å²) in [5.74, 6) is -2.72. The summed E-state index contributed by atoms with van der Waals surface area (Å²) < 4.78 is 4.33. The Morgan fingerprint density at radius 1 is 1.60 bits per heavy atom. The maximum absolute atomic E-state index is 10.7. The SMILES string of the molecule is CC(=O)[C@@H]1C(=O)COC1=O. The summed E-state index contributed by atoms with van der Waals surface area (Å²) in [5.41, 5.74) is 0. The number of Topliss-reactive ketones (excluding diaryl/α,β-unsaturated/α-hetero) is 2. The van der Waals surface area contributed by atoms with Gasteiger partial charge in [-0.2, -0.15) is 0 Å². The van der Waals surface area contributed by atoms with Gasteiger partial charge in [0.05, 0.1) is 0 Å². The zero-order valence-corrected chi connectivity index (χ0v) is 5.42. The van der Waals surface area contributed by atoms with Crippen LogP contribution < -0.4 is 0 Å². The molecule has 0 amide bonds. The molecule has 0 aliphatic carbocycles. The van der Waals surface area contributed by atoms with Crippen molar-refractivity contribution in [3.63, 3.8) is 0 Å². The Morgan fingerprint density at radius 3 is 2.40 bits per heavy atom. The van der Waals surface area contributed by atoms with Crippen molar-refractivity contribution in [2.45, 2.75) is 6.92 Å². The Balaban J connectivity index is 2.82. The molecular formula is C6H6O4. The fraction of sp³-hybridized carbons (Fsp3) is 0.500. The van der Waals surface area contributed by atoms with E-state index >= 15 is 0 Å². The molecule has 4 heteroatoms. The molecule has 0 N–H and O–H groups in total. The number of ketones is 2. The van der Waals surface area contributed by atoms with E-state index in [1.54, 1.807) is 0 Å². The molecule has 0 bridgehead atoms. The molecule has 0 saturated carbocycles. The highest BCUT2D eigenvalue weighted by atomic mass is 16.5. The fourth-order valence-corrected chi connectivity index (χ4v) is 0.833. The van der Waals surface area contributed by atoms with E-state index in [4.69, 9.17) is 0 Å². The lowest BCUT2D eigenvalue weighted by Gasteiger charge is -1.94. The number of rotatable bonds is 1. The monoisotopic (exact) mass is 142 g/mol. The molecule has 1 fully saturated rings. The predicted molar refractivity (Wildman–Crippen MR) is 30.1 cm³/mol. The summed E-state index contributed by atoms with van der Waals surface area (Å²) in [6.45, 7) is 0.957. The Labute approximate surface area is 57.2 Å². The van der Waals surface area contributed by atoms with Crippen LogP contribution in [0.15, 0.2) is 0 Å². The molecule has 0 aromatic heterocycles. The second-order valence-corrected chi connectivity index (χ2v) is 2.12. The van der Waals surface area contributed by atoms with Gasteiger partial charge in [0, 0.05) is 0 Å². The first-order valence-electron chi connectivity index (χ1n) is 2.82. The van der Waals surface area contributed by atoms with Crippen LogP contribution in [0.4, 0.5) is 0 Å². The van der Waals surface area contributed by atoms with Crippen molar-refractivity contribution < 1.29 is 19.1 Å². The van der Waals surface area contributed by atoms with Gasteiger partial charge in [-0.15, -0.1) is 0 Å². The maximum atomic E-state index is 10.7. The number of esters is 1. The van der Waals surface area contributed by atoms with Crippen LogP contribution in [-0.2, 0) is 19.1 Å². The van der Waals surface area contributed by atoms with Crippen LogP contribution in [0.1, 0.15) is 6.92 Å². The van der Waals surface area contributed by atoms with E-state index in [1.165, 1.54) is 6.92 Å². The average Bonchev–Trinajstić information content (AvgIpc) is 2.11. The van der Waals surface area contributed by atoms with Crippen molar-refractivity contribution in [1.82, 2.24) is 0 Å². The minimum absolute atomic E-state index is 0.247. The molecule has 1 atom stereocenters. The van der Waals surface area contributed by atoms with Crippen LogP contribution in [-0.4, -0.2) is 24.1 Å². The number of carbonyl (C=O) groups excluding carboxylic acids is 3. The van der Waals surface area contributed by atoms with Crippen molar-refractivity contribution in [2.24, 2.45) is 5.92 Å². The van der Waals surface area contributed by atoms with Crippen molar-refractivity contribution >= 4 is 17.5 Å². The Kier molecular flexibility index (Phi) is 1.53. The summed E-state index contributed by atoms with van der Waals surface area (Å²) in [5, 5.41) is 0. The van der Waals surface area contributed by atoms with Gasteiger partial charge in [-0.05, 0) is 6.92 Å². The van der Waals surface area contributed by atoms with Crippen LogP contribution in [0.3, 0.4) is 0 Å². The predicted octanol–water partition coefficient (Wildman–Crippen LogP) is -0.683. The van der Waals surface area contributed by atoms with Crippen LogP contribution in [0.2, 0.25) is 0 Å². The van der Waals surface area contributed by atoms with Crippen molar-refractivity contribution in [1.29, 1.82) is 0 Å². The second-order valence-electron chi connectivity index (χ2n) is 2.12. The molecule has 1 saturated heterocycles. The quantitative estimate of drug-likeness (QED) is 0.359. The zero-order chi connectivity index (χ0) is 7.72. The highest BCUT2D eigenvalue weighted by Crippen LogP contribution is 2.10. The summed E-state index contributed by atoms with van der Waals surface area (Å²) >= 11 is 0. The minimum Gasteiger partial charge on any atom is -0.457 e. The van der Waals surface area contributed by atoms with Crippen LogP contribution in [0.5, 0.6) is 0 Å². The third-order valence-electron chi connectivity index (χ3n) is 1.32. The third-order valence-corrected chi connectivity index (χ3v) is 1.32. The number of ether oxygens (including phenoxy) is 1. The summed E-state index contributed by atoms with van der Waals surface area (Å²) in [4.78, 5) is 31.8. The van der Waals surface area contributed by atoms with Gasteiger partial charge in [0.15, 0.2) is 24.1 Å². The number of hydrogen-bond donors (Lipinski definition) is 0. The molecule has 54 valence electrons. The Hall–Kier alpha value is -1.19. The number of cyclic esters (lactones) is 1. The van der Waals surface area contributed by atoms with Crippen molar-refractivity contribution in [3.05, 3.63) is 0 Å². The lowest BCUT2D eigenvalue weighted by Crippen LogP contribution is -2.22. The van der Waals surface area contributed by atoms with Gasteiger partial charge in [-0.3, -0.25) is 14.4 Å². The van der Waals surface area contributed by atoms with Crippen LogP contribution in [0, 0.1) is 5.92 Å². The highest BCUT2D eigenvalue weighted by molar-refractivity contribution is 6.19. The normalized spacial score (nSPS) is 24.7. The first kappa shape index (κ1) is 6.92. The van der Waals surface area contributed by atoms with Gasteiger partial charge in [0.1, 0.15) is 0 Å². The van der Waals surface area contributed by atoms with E-state index in [0.717, 1.165) is 0 Å². The molecule has 10 heavy (non-hydrogen) atoms. The molecular weight excluding hydrogens is 136 g/mol. The van der Waals surface area contributed by atoms with Gasteiger partial charge < -0.3 is 4.74 Å². The molecule has 1 aliphatic rings. The number of carbonyl (C=O) groups is 3. The van der Waals surface area contributed by atoms with E-state index in [2.05, 4.69) is 4.74 Å². The molecule has 0 unspecified atom stereocenters. The Morgan fingerprint density at radius 2 is 2.20 bits per heavy atom. The molecule has 1 heterocycles. The fourth-order valence-electron chi connectivity index (χ4n) is 0.833. The van der Waals surface area contributed by atoms with Gasteiger partial charge in [0.25, 0.3) is 0 Å². The first-order valence-corrected chi connectivity index (χ1v) is 2.82. The lowest BCUT2D eigenvalue weighted by molar-refractivity contribution is -0.144. The zero-order valence-electron chi connectivity index (χ0n) is 5.42. The van der Waals surface area contributed by atoms with Gasteiger partial charge in [-0.1, -0.05) is 0 Å². The van der Waals surface area contributed by atoms with E-state index in [9.17, 15) is 14.4 Å². The second kappa shape index (κ2) is 2.21. The third kappa shape index (κ3) is 0.920. The molecule has 1 aliphatic heterocycles. The van der Waals surface area contributed by atoms with Crippen LogP contribution >= 0.6 is 0 Å². The molecule has 4 nitrogen and oxygen atoms in total. The molecule has 1 rings (SSSR count). The van der Waals surface area contributed by atoms with Crippen LogP contribution in [0.25, 0.3) is 0 Å². The summed E-state index contributed by atoms with van der Waals surface area (Å²) in [7, 11) is 0. The molecule has 0 radical (unpaired) electrons.